The van der Waals surface area contributed by atoms with Gasteiger partial charge in [-0.05, 0) is 36.4 Å². The summed E-state index contributed by atoms with van der Waals surface area (Å²) >= 11 is 3.29. The maximum atomic E-state index is 12.8. The van der Waals surface area contributed by atoms with Crippen molar-refractivity contribution in [2.24, 2.45) is 0 Å². The number of alkyl halides is 3. The van der Waals surface area contributed by atoms with Gasteiger partial charge in [0.2, 0.25) is 5.89 Å². The van der Waals surface area contributed by atoms with Gasteiger partial charge in [0.25, 0.3) is 0 Å². The van der Waals surface area contributed by atoms with Gasteiger partial charge in [-0.2, -0.15) is 13.2 Å². The van der Waals surface area contributed by atoms with Crippen molar-refractivity contribution >= 4 is 32.7 Å². The van der Waals surface area contributed by atoms with Gasteiger partial charge in [0.05, 0.1) is 11.1 Å². The van der Waals surface area contributed by atoms with E-state index in [1.165, 1.54) is 6.07 Å². The molecule has 0 radical (unpaired) electrons. The first-order valence-corrected chi connectivity index (χ1v) is 6.67. The van der Waals surface area contributed by atoms with Gasteiger partial charge >= 0.3 is 6.18 Å². The van der Waals surface area contributed by atoms with Crippen LogP contribution in [0.5, 0.6) is 0 Å². The van der Waals surface area contributed by atoms with Crippen molar-refractivity contribution in [3.05, 3.63) is 46.4 Å². The second-order valence-electron chi connectivity index (χ2n) is 4.43. The van der Waals surface area contributed by atoms with Crippen LogP contribution in [0.4, 0.5) is 18.9 Å². The maximum Gasteiger partial charge on any atom is 0.416 e. The number of aromatic nitrogens is 1. The minimum absolute atomic E-state index is 0.0618. The Balaban J connectivity index is 2.17. The summed E-state index contributed by atoms with van der Waals surface area (Å²) < 4.78 is 44.6. The highest BCUT2D eigenvalue weighted by Gasteiger charge is 2.31. The monoisotopic (exact) mass is 356 g/mol. The summed E-state index contributed by atoms with van der Waals surface area (Å²) in [7, 11) is 0. The van der Waals surface area contributed by atoms with Gasteiger partial charge in [-0.1, -0.05) is 15.9 Å². The smallest absolute Gasteiger partial charge is 0.416 e. The average Bonchev–Trinajstić information content (AvgIpc) is 2.80. The fourth-order valence-corrected chi connectivity index (χ4v) is 2.28. The second kappa shape index (κ2) is 4.77. The molecule has 0 bridgehead atoms. The molecule has 0 spiro atoms. The fraction of sp³-hybridized carbons (Fsp3) is 0.0714. The third-order valence-electron chi connectivity index (χ3n) is 2.96. The molecule has 0 fully saturated rings. The quantitative estimate of drug-likeness (QED) is 0.633. The second-order valence-corrected chi connectivity index (χ2v) is 5.35. The molecule has 1 aromatic heterocycles. The SMILES string of the molecule is Nc1ccc(C(F)(F)F)cc1-c1nc2cc(Br)ccc2o1. The number of nitrogens with two attached hydrogens (primary N) is 1. The average molecular weight is 357 g/mol. The number of rotatable bonds is 1. The summed E-state index contributed by atoms with van der Waals surface area (Å²) in [5.74, 6) is 0.0618. The van der Waals surface area contributed by atoms with E-state index < -0.39 is 11.7 Å². The highest BCUT2D eigenvalue weighted by molar-refractivity contribution is 9.10. The molecule has 0 amide bonds. The molecule has 0 aliphatic carbocycles. The number of halogens is 4. The molecular weight excluding hydrogens is 349 g/mol. The molecule has 21 heavy (non-hydrogen) atoms. The molecule has 0 unspecified atom stereocenters. The van der Waals surface area contributed by atoms with E-state index in [0.717, 1.165) is 16.6 Å². The normalized spacial score (nSPS) is 12.0. The van der Waals surface area contributed by atoms with E-state index in [1.54, 1.807) is 18.2 Å². The van der Waals surface area contributed by atoms with Gasteiger partial charge in [-0.25, -0.2) is 4.98 Å². The van der Waals surface area contributed by atoms with Crippen molar-refractivity contribution in [2.45, 2.75) is 6.18 Å². The van der Waals surface area contributed by atoms with E-state index in [-0.39, 0.29) is 17.1 Å². The Morgan fingerprint density at radius 2 is 1.86 bits per heavy atom. The van der Waals surface area contributed by atoms with Crippen molar-refractivity contribution in [1.82, 2.24) is 4.98 Å². The zero-order valence-electron chi connectivity index (χ0n) is 10.4. The lowest BCUT2D eigenvalue weighted by Crippen LogP contribution is -2.05. The fourth-order valence-electron chi connectivity index (χ4n) is 1.93. The van der Waals surface area contributed by atoms with E-state index in [4.69, 9.17) is 10.2 Å². The Morgan fingerprint density at radius 3 is 2.57 bits per heavy atom. The molecule has 0 saturated carbocycles. The predicted octanol–water partition coefficient (Wildman–Crippen LogP) is 4.86. The van der Waals surface area contributed by atoms with Gasteiger partial charge in [-0.15, -0.1) is 0 Å². The first-order chi connectivity index (χ1) is 9.84. The molecule has 3 nitrogen and oxygen atoms in total. The van der Waals surface area contributed by atoms with Crippen LogP contribution in [0.25, 0.3) is 22.6 Å². The highest BCUT2D eigenvalue weighted by atomic mass is 79.9. The van der Waals surface area contributed by atoms with E-state index >= 15 is 0 Å². The standard InChI is InChI=1S/C14H8BrF3N2O/c15-8-2-4-12-11(6-8)20-13(21-12)9-5-7(14(16,17)18)1-3-10(9)19/h1-6H,19H2. The molecule has 2 N–H and O–H groups in total. The third-order valence-corrected chi connectivity index (χ3v) is 3.45. The summed E-state index contributed by atoms with van der Waals surface area (Å²) in [5, 5.41) is 0. The number of nitrogen functional groups attached to an aromatic ring is 1. The van der Waals surface area contributed by atoms with Crippen LogP contribution in [0, 0.1) is 0 Å². The number of hydrogen-bond acceptors (Lipinski definition) is 3. The van der Waals surface area contributed by atoms with Gasteiger partial charge in [0, 0.05) is 10.2 Å². The minimum Gasteiger partial charge on any atom is -0.436 e. The molecule has 0 aliphatic heterocycles. The molecule has 7 heteroatoms. The molecule has 108 valence electrons. The summed E-state index contributed by atoms with van der Waals surface area (Å²) in [4.78, 5) is 4.18. The summed E-state index contributed by atoms with van der Waals surface area (Å²) in [6.45, 7) is 0. The topological polar surface area (TPSA) is 52.0 Å². The van der Waals surface area contributed by atoms with E-state index in [1.807, 2.05) is 0 Å². The molecule has 3 aromatic rings. The molecule has 0 saturated heterocycles. The summed E-state index contributed by atoms with van der Waals surface area (Å²) in [6, 6.07) is 8.22. The molecule has 2 aromatic carbocycles. The van der Waals surface area contributed by atoms with Crippen molar-refractivity contribution in [3.8, 4) is 11.5 Å². The Hall–Kier alpha value is -2.02. The van der Waals surface area contributed by atoms with Gasteiger partial charge in [0.15, 0.2) is 5.58 Å². The lowest BCUT2D eigenvalue weighted by molar-refractivity contribution is -0.137. The molecule has 1 heterocycles. The Bertz CT molecular complexity index is 827. The number of oxazole rings is 1. The van der Waals surface area contributed by atoms with Gasteiger partial charge in [-0.3, -0.25) is 0 Å². The number of hydrogen-bond donors (Lipinski definition) is 1. The minimum atomic E-state index is -4.45. The van der Waals surface area contributed by atoms with Crippen molar-refractivity contribution < 1.29 is 17.6 Å². The zero-order chi connectivity index (χ0) is 15.2. The van der Waals surface area contributed by atoms with E-state index in [9.17, 15) is 13.2 Å². The van der Waals surface area contributed by atoms with Crippen molar-refractivity contribution in [3.63, 3.8) is 0 Å². The Labute approximate surface area is 125 Å². The Morgan fingerprint density at radius 1 is 1.10 bits per heavy atom. The largest absolute Gasteiger partial charge is 0.436 e. The number of benzene rings is 2. The number of nitrogens with zero attached hydrogens (tertiary/aromatic N) is 1. The van der Waals surface area contributed by atoms with E-state index in [0.29, 0.717) is 11.1 Å². The maximum absolute atomic E-state index is 12.8. The summed E-state index contributed by atoms with van der Waals surface area (Å²) in [6.07, 6.45) is -4.45. The van der Waals surface area contributed by atoms with Crippen LogP contribution >= 0.6 is 15.9 Å². The first kappa shape index (κ1) is 13.9. The van der Waals surface area contributed by atoms with Gasteiger partial charge in [0.1, 0.15) is 5.52 Å². The lowest BCUT2D eigenvalue weighted by Gasteiger charge is -2.09. The molecule has 0 aliphatic rings. The lowest BCUT2D eigenvalue weighted by atomic mass is 10.1. The van der Waals surface area contributed by atoms with Crippen LogP contribution in [-0.2, 0) is 6.18 Å². The number of fused-ring (bicyclic) bond motifs is 1. The molecule has 3 rings (SSSR count). The molecule has 0 atom stereocenters. The third kappa shape index (κ3) is 2.61. The van der Waals surface area contributed by atoms with E-state index in [2.05, 4.69) is 20.9 Å². The predicted molar refractivity (Wildman–Crippen MR) is 76.6 cm³/mol. The van der Waals surface area contributed by atoms with Crippen LogP contribution in [0.15, 0.2) is 45.3 Å². The van der Waals surface area contributed by atoms with Crippen LogP contribution < -0.4 is 5.73 Å². The molecular formula is C14H8BrF3N2O. The van der Waals surface area contributed by atoms with Crippen LogP contribution in [0.2, 0.25) is 0 Å². The van der Waals surface area contributed by atoms with Crippen molar-refractivity contribution in [1.29, 1.82) is 0 Å². The van der Waals surface area contributed by atoms with Crippen LogP contribution in [0.3, 0.4) is 0 Å². The van der Waals surface area contributed by atoms with Crippen LogP contribution in [0.1, 0.15) is 5.56 Å². The first-order valence-electron chi connectivity index (χ1n) is 5.88. The summed E-state index contributed by atoms with van der Waals surface area (Å²) in [5.41, 5.74) is 6.26. The Kier molecular flexibility index (Phi) is 3.16. The van der Waals surface area contributed by atoms with Crippen molar-refractivity contribution in [2.75, 3.05) is 5.73 Å². The zero-order valence-corrected chi connectivity index (χ0v) is 12.0. The number of anilines is 1. The highest BCUT2D eigenvalue weighted by Crippen LogP contribution is 2.36. The van der Waals surface area contributed by atoms with Crippen LogP contribution in [-0.4, -0.2) is 4.98 Å². The van der Waals surface area contributed by atoms with Gasteiger partial charge < -0.3 is 10.2 Å².